The minimum atomic E-state index is 0.771. The highest BCUT2D eigenvalue weighted by atomic mass is 127. The molecule has 0 fully saturated rings. The predicted octanol–water partition coefficient (Wildman–Crippen LogP) is 3.70. The van der Waals surface area contributed by atoms with Crippen LogP contribution >= 0.6 is 22.6 Å². The van der Waals surface area contributed by atoms with Crippen LogP contribution in [0.15, 0.2) is 48.5 Å². The Labute approximate surface area is 125 Å². The van der Waals surface area contributed by atoms with Crippen LogP contribution in [0, 0.1) is 3.70 Å². The Bertz CT molecular complexity index is 704. The fraction of sp³-hybridized carbons (Fsp3) is 0.133. The van der Waals surface area contributed by atoms with Crippen molar-refractivity contribution in [3.05, 3.63) is 57.8 Å². The lowest BCUT2D eigenvalue weighted by Crippen LogP contribution is -2.01. The van der Waals surface area contributed by atoms with Crippen molar-refractivity contribution in [3.8, 4) is 5.75 Å². The van der Waals surface area contributed by atoms with Gasteiger partial charge in [0.1, 0.15) is 9.45 Å². The molecule has 3 rings (SSSR count). The molecule has 3 nitrogen and oxygen atoms in total. The highest BCUT2D eigenvalue weighted by Gasteiger charge is 2.07. The normalized spacial score (nSPS) is 10.8. The van der Waals surface area contributed by atoms with E-state index in [-0.39, 0.29) is 0 Å². The molecule has 19 heavy (non-hydrogen) atoms. The maximum absolute atomic E-state index is 5.17. The summed E-state index contributed by atoms with van der Waals surface area (Å²) >= 11 is 2.28. The van der Waals surface area contributed by atoms with Crippen molar-refractivity contribution >= 4 is 33.5 Å². The number of methoxy groups -OCH3 is 1. The zero-order chi connectivity index (χ0) is 13.2. The molecule has 0 N–H and O–H groups in total. The summed E-state index contributed by atoms with van der Waals surface area (Å²) in [6, 6.07) is 16.4. The molecule has 0 bridgehead atoms. The van der Waals surface area contributed by atoms with Crippen LogP contribution in [-0.2, 0) is 6.54 Å². The molecule has 4 heteroatoms. The summed E-state index contributed by atoms with van der Waals surface area (Å²) in [5.41, 5.74) is 2.38. The van der Waals surface area contributed by atoms with Gasteiger partial charge in [0.25, 0.3) is 0 Å². The second-order valence-electron chi connectivity index (χ2n) is 4.31. The zero-order valence-electron chi connectivity index (χ0n) is 10.5. The predicted molar refractivity (Wildman–Crippen MR) is 84.5 cm³/mol. The zero-order valence-corrected chi connectivity index (χ0v) is 12.7. The largest absolute Gasteiger partial charge is 0.497 e. The number of ether oxygens (including phenoxy) is 1. The molecule has 0 saturated carbocycles. The summed E-state index contributed by atoms with van der Waals surface area (Å²) in [4.78, 5) is 0. The number of aromatic nitrogens is 2. The minimum absolute atomic E-state index is 0.771. The Morgan fingerprint density at radius 3 is 2.58 bits per heavy atom. The van der Waals surface area contributed by atoms with Crippen molar-refractivity contribution in [1.29, 1.82) is 0 Å². The first-order valence-corrected chi connectivity index (χ1v) is 7.10. The van der Waals surface area contributed by atoms with E-state index in [0.717, 1.165) is 16.0 Å². The number of halogens is 1. The molecule has 0 atom stereocenters. The maximum atomic E-state index is 5.17. The molecular formula is C15H13IN2O. The van der Waals surface area contributed by atoms with Crippen LogP contribution < -0.4 is 4.74 Å². The summed E-state index contributed by atoms with van der Waals surface area (Å²) in [6.07, 6.45) is 0. The number of nitrogens with zero attached hydrogens (tertiary/aromatic N) is 2. The van der Waals surface area contributed by atoms with Crippen molar-refractivity contribution < 1.29 is 4.74 Å². The Morgan fingerprint density at radius 1 is 1.11 bits per heavy atom. The van der Waals surface area contributed by atoms with E-state index in [0.29, 0.717) is 0 Å². The highest BCUT2D eigenvalue weighted by molar-refractivity contribution is 14.1. The first-order valence-electron chi connectivity index (χ1n) is 6.02. The molecule has 0 radical (unpaired) electrons. The van der Waals surface area contributed by atoms with Gasteiger partial charge >= 0.3 is 0 Å². The second kappa shape index (κ2) is 5.21. The molecular weight excluding hydrogens is 351 g/mol. The van der Waals surface area contributed by atoms with Gasteiger partial charge in [-0.3, -0.25) is 4.68 Å². The molecule has 0 spiro atoms. The Morgan fingerprint density at radius 2 is 1.84 bits per heavy atom. The molecule has 2 aromatic carbocycles. The quantitative estimate of drug-likeness (QED) is 0.663. The van der Waals surface area contributed by atoms with Crippen molar-refractivity contribution in [2.24, 2.45) is 0 Å². The SMILES string of the molecule is COc1ccc(Cn2nc(I)c3ccccc32)cc1. The summed E-state index contributed by atoms with van der Waals surface area (Å²) in [5.74, 6) is 0.878. The molecule has 0 aliphatic rings. The first kappa shape index (κ1) is 12.5. The number of hydrogen-bond donors (Lipinski definition) is 0. The third-order valence-corrected chi connectivity index (χ3v) is 3.90. The molecule has 1 aromatic heterocycles. The van der Waals surface area contributed by atoms with Crippen LogP contribution in [0.1, 0.15) is 5.56 Å². The van der Waals surface area contributed by atoms with E-state index in [4.69, 9.17) is 4.74 Å². The number of benzene rings is 2. The Kier molecular flexibility index (Phi) is 3.42. The van der Waals surface area contributed by atoms with Crippen LogP contribution in [0.2, 0.25) is 0 Å². The monoisotopic (exact) mass is 364 g/mol. The van der Waals surface area contributed by atoms with Crippen molar-refractivity contribution in [3.63, 3.8) is 0 Å². The lowest BCUT2D eigenvalue weighted by Gasteiger charge is -2.05. The summed E-state index contributed by atoms with van der Waals surface area (Å²) in [7, 11) is 1.68. The van der Waals surface area contributed by atoms with E-state index in [2.05, 4.69) is 52.0 Å². The second-order valence-corrected chi connectivity index (χ2v) is 5.34. The number of fused-ring (bicyclic) bond motifs is 1. The van der Waals surface area contributed by atoms with Crippen molar-refractivity contribution in [2.45, 2.75) is 6.54 Å². The average Bonchev–Trinajstić information content (AvgIpc) is 2.77. The van der Waals surface area contributed by atoms with Gasteiger partial charge in [-0.25, -0.2) is 0 Å². The van der Waals surface area contributed by atoms with Crippen LogP contribution in [-0.4, -0.2) is 16.9 Å². The van der Waals surface area contributed by atoms with Gasteiger partial charge in [0, 0.05) is 5.39 Å². The van der Waals surface area contributed by atoms with Crippen molar-refractivity contribution in [1.82, 2.24) is 9.78 Å². The third-order valence-electron chi connectivity index (χ3n) is 3.10. The van der Waals surface area contributed by atoms with Gasteiger partial charge in [-0.05, 0) is 46.4 Å². The fourth-order valence-electron chi connectivity index (χ4n) is 2.11. The van der Waals surface area contributed by atoms with Crippen LogP contribution in [0.25, 0.3) is 10.9 Å². The Hall–Kier alpha value is -1.56. The molecule has 0 aliphatic heterocycles. The van der Waals surface area contributed by atoms with Crippen molar-refractivity contribution in [2.75, 3.05) is 7.11 Å². The lowest BCUT2D eigenvalue weighted by molar-refractivity contribution is 0.414. The maximum Gasteiger partial charge on any atom is 0.131 e. The number of hydrogen-bond acceptors (Lipinski definition) is 2. The van der Waals surface area contributed by atoms with Gasteiger partial charge < -0.3 is 4.74 Å². The summed E-state index contributed by atoms with van der Waals surface area (Å²) < 4.78 is 8.25. The highest BCUT2D eigenvalue weighted by Crippen LogP contribution is 2.21. The van der Waals surface area contributed by atoms with E-state index in [1.54, 1.807) is 7.11 Å². The van der Waals surface area contributed by atoms with Crippen LogP contribution in [0.5, 0.6) is 5.75 Å². The van der Waals surface area contributed by atoms with Gasteiger partial charge in [0.2, 0.25) is 0 Å². The van der Waals surface area contributed by atoms with E-state index in [1.807, 2.05) is 28.9 Å². The summed E-state index contributed by atoms with van der Waals surface area (Å²) in [5, 5.41) is 5.80. The fourth-order valence-corrected chi connectivity index (χ4v) is 2.83. The molecule has 1 heterocycles. The molecule has 0 amide bonds. The van der Waals surface area contributed by atoms with E-state index >= 15 is 0 Å². The first-order chi connectivity index (χ1) is 9.28. The van der Waals surface area contributed by atoms with Crippen LogP contribution in [0.4, 0.5) is 0 Å². The molecule has 96 valence electrons. The molecule has 0 unspecified atom stereocenters. The van der Waals surface area contributed by atoms with Gasteiger partial charge in [-0.15, -0.1) is 0 Å². The van der Waals surface area contributed by atoms with Gasteiger partial charge in [-0.1, -0.05) is 30.3 Å². The molecule has 3 aromatic rings. The number of rotatable bonds is 3. The van der Waals surface area contributed by atoms with E-state index < -0.39 is 0 Å². The minimum Gasteiger partial charge on any atom is -0.497 e. The van der Waals surface area contributed by atoms with E-state index in [9.17, 15) is 0 Å². The standard InChI is InChI=1S/C15H13IN2O/c1-19-12-8-6-11(7-9-12)10-18-14-5-3-2-4-13(14)15(16)17-18/h2-9H,10H2,1H3. The molecule has 0 saturated heterocycles. The van der Waals surface area contributed by atoms with Crippen LogP contribution in [0.3, 0.4) is 0 Å². The third kappa shape index (κ3) is 2.45. The van der Waals surface area contributed by atoms with Gasteiger partial charge in [0.05, 0.1) is 19.2 Å². The Balaban J connectivity index is 1.96. The average molecular weight is 364 g/mol. The van der Waals surface area contributed by atoms with Gasteiger partial charge in [0.15, 0.2) is 0 Å². The number of para-hydroxylation sites is 1. The van der Waals surface area contributed by atoms with Gasteiger partial charge in [-0.2, -0.15) is 5.10 Å². The smallest absolute Gasteiger partial charge is 0.131 e. The topological polar surface area (TPSA) is 27.1 Å². The summed E-state index contributed by atoms with van der Waals surface area (Å²) in [6.45, 7) is 0.771. The molecule has 0 aliphatic carbocycles. The van der Waals surface area contributed by atoms with E-state index in [1.165, 1.54) is 16.5 Å². The lowest BCUT2D eigenvalue weighted by atomic mass is 10.2.